The van der Waals surface area contributed by atoms with Crippen LogP contribution in [0.4, 0.5) is 10.5 Å². The Balaban J connectivity index is 2.33. The van der Waals surface area contributed by atoms with E-state index in [4.69, 9.17) is 15.6 Å². The Morgan fingerprint density at radius 1 is 1.40 bits per heavy atom. The Morgan fingerprint density at radius 2 is 2.08 bits per heavy atom. The molecule has 2 heterocycles. The average Bonchev–Trinajstić information content (AvgIpc) is 2.63. The van der Waals surface area contributed by atoms with E-state index in [0.29, 0.717) is 17.0 Å². The first-order chi connectivity index (χ1) is 11.5. The van der Waals surface area contributed by atoms with Gasteiger partial charge in [0.15, 0.2) is 9.84 Å². The smallest absolute Gasteiger partial charge is 0.410 e. The Hall–Kier alpha value is -2.29. The Bertz CT molecular complexity index is 878. The lowest BCUT2D eigenvalue weighted by molar-refractivity contribution is 0.199. The van der Waals surface area contributed by atoms with Gasteiger partial charge in [-0.25, -0.2) is 13.2 Å². The van der Waals surface area contributed by atoms with Gasteiger partial charge in [-0.1, -0.05) is 0 Å². The number of amidine groups is 1. The quantitative estimate of drug-likeness (QED) is 0.596. The van der Waals surface area contributed by atoms with Crippen LogP contribution in [0.3, 0.4) is 0 Å². The number of nitrogens with one attached hydrogen (secondary N) is 1. The third-order valence-corrected chi connectivity index (χ3v) is 8.10. The summed E-state index contributed by atoms with van der Waals surface area (Å²) in [5, 5.41) is 10.4. The van der Waals surface area contributed by atoms with Crippen molar-refractivity contribution in [2.45, 2.75) is 42.7 Å². The van der Waals surface area contributed by atoms with E-state index in [1.807, 2.05) is 0 Å². The maximum absolute atomic E-state index is 13.3. The molecule has 0 aromatic heterocycles. The first-order valence-corrected chi connectivity index (χ1v) is 9.41. The first kappa shape index (κ1) is 17.5. The third-order valence-electron chi connectivity index (χ3n) is 5.04. The van der Waals surface area contributed by atoms with Gasteiger partial charge in [0.1, 0.15) is 21.9 Å². The molecule has 0 unspecified atom stereocenters. The molecule has 136 valence electrons. The highest BCUT2D eigenvalue weighted by Gasteiger charge is 2.58. The topological polar surface area (TPSA) is 131 Å². The number of nitrogens with zero attached hydrogens (tertiary/aromatic N) is 1. The first-order valence-electron chi connectivity index (χ1n) is 7.86. The van der Waals surface area contributed by atoms with Crippen molar-refractivity contribution in [3.8, 4) is 5.75 Å². The van der Waals surface area contributed by atoms with Crippen LogP contribution in [0.25, 0.3) is 0 Å². The van der Waals surface area contributed by atoms with E-state index in [1.54, 1.807) is 25.1 Å². The van der Waals surface area contributed by atoms with Gasteiger partial charge in [-0.15, -0.1) is 0 Å². The molecule has 1 aromatic carbocycles. The van der Waals surface area contributed by atoms with Crippen molar-refractivity contribution in [1.82, 2.24) is 5.32 Å². The van der Waals surface area contributed by atoms with Gasteiger partial charge < -0.3 is 15.6 Å². The van der Waals surface area contributed by atoms with Gasteiger partial charge >= 0.3 is 6.09 Å². The molecule has 0 radical (unpaired) electrons. The maximum atomic E-state index is 13.3. The van der Waals surface area contributed by atoms with E-state index in [1.165, 1.54) is 13.8 Å². The second kappa shape index (κ2) is 5.35. The highest BCUT2D eigenvalue weighted by Crippen LogP contribution is 2.48. The highest BCUT2D eigenvalue weighted by atomic mass is 32.2. The number of amides is 1. The largest absolute Gasteiger partial charge is 0.493 e. The molecule has 0 spiro atoms. The lowest BCUT2D eigenvalue weighted by Gasteiger charge is -2.43. The molecular formula is C16H21N3O5S. The molecule has 2 aliphatic heterocycles. The number of carboxylic acid groups (broad SMARTS) is 1. The van der Waals surface area contributed by atoms with E-state index < -0.39 is 31.5 Å². The van der Waals surface area contributed by atoms with E-state index in [-0.39, 0.29) is 18.9 Å². The van der Waals surface area contributed by atoms with Gasteiger partial charge in [0, 0.05) is 17.7 Å². The molecule has 25 heavy (non-hydrogen) atoms. The molecule has 4 N–H and O–H groups in total. The number of anilines is 1. The van der Waals surface area contributed by atoms with Crippen LogP contribution in [0.1, 0.15) is 32.8 Å². The molecule has 0 bridgehead atoms. The van der Waals surface area contributed by atoms with Crippen LogP contribution in [0, 0.1) is 0 Å². The van der Waals surface area contributed by atoms with Gasteiger partial charge in [-0.3, -0.25) is 10.3 Å². The van der Waals surface area contributed by atoms with E-state index >= 15 is 0 Å². The summed E-state index contributed by atoms with van der Waals surface area (Å²) < 4.78 is 30.9. The Labute approximate surface area is 146 Å². The maximum Gasteiger partial charge on any atom is 0.410 e. The number of nitrogen functional groups attached to an aromatic ring is 1. The molecule has 8 nitrogen and oxygen atoms in total. The SMILES string of the molecule is CC1(C)C(NC(=O)O)=N[C@]2(C)c3cc(N)ccc3OCC[C@H]2S1(=O)=O. The van der Waals surface area contributed by atoms with Gasteiger partial charge in [-0.05, 0) is 39.0 Å². The van der Waals surface area contributed by atoms with Crippen LogP contribution in [0.15, 0.2) is 23.2 Å². The van der Waals surface area contributed by atoms with Crippen LogP contribution in [-0.2, 0) is 15.4 Å². The number of benzene rings is 1. The molecule has 2 aliphatic rings. The molecule has 0 aliphatic carbocycles. The standard InChI is InChI=1S/C16H21N3O5S/c1-15(2)13(18-14(20)21)19-16(3)10-8-9(17)4-5-11(10)24-7-6-12(16)25(15,22)23/h4-5,8,12H,6-7,17H2,1-3H3,(H,18,19)(H,20,21)/t12-,16-/m1/s1. The van der Waals surface area contributed by atoms with Crippen LogP contribution < -0.4 is 15.8 Å². The zero-order valence-electron chi connectivity index (χ0n) is 14.2. The number of rotatable bonds is 0. The minimum atomic E-state index is -3.77. The highest BCUT2D eigenvalue weighted by molar-refractivity contribution is 7.94. The molecule has 1 amide bonds. The Morgan fingerprint density at radius 3 is 2.72 bits per heavy atom. The number of fused-ring (bicyclic) bond motifs is 3. The number of hydrogen-bond donors (Lipinski definition) is 3. The van der Waals surface area contributed by atoms with Gasteiger partial charge in [0.25, 0.3) is 0 Å². The second-order valence-electron chi connectivity index (χ2n) is 6.97. The molecule has 0 saturated heterocycles. The van der Waals surface area contributed by atoms with E-state index in [2.05, 4.69) is 10.3 Å². The van der Waals surface area contributed by atoms with Gasteiger partial charge in [-0.2, -0.15) is 0 Å². The summed E-state index contributed by atoms with van der Waals surface area (Å²) in [6.45, 7) is 4.83. The number of sulfone groups is 1. The predicted octanol–water partition coefficient (Wildman–Crippen LogP) is 1.51. The Kier molecular flexibility index (Phi) is 3.75. The average molecular weight is 367 g/mol. The molecule has 0 fully saturated rings. The number of ether oxygens (including phenoxy) is 1. The monoisotopic (exact) mass is 367 g/mol. The van der Waals surface area contributed by atoms with Crippen molar-refractivity contribution in [2.24, 2.45) is 4.99 Å². The molecule has 3 rings (SSSR count). The fourth-order valence-corrected chi connectivity index (χ4v) is 5.79. The summed E-state index contributed by atoms with van der Waals surface area (Å²) in [5.41, 5.74) is 5.68. The minimum absolute atomic E-state index is 0.103. The van der Waals surface area contributed by atoms with Crippen molar-refractivity contribution < 1.29 is 23.1 Å². The molecule has 0 saturated carbocycles. The molecule has 9 heteroatoms. The zero-order valence-corrected chi connectivity index (χ0v) is 15.1. The zero-order chi connectivity index (χ0) is 18.6. The minimum Gasteiger partial charge on any atom is -0.493 e. The van der Waals surface area contributed by atoms with Crippen LogP contribution in [0.2, 0.25) is 0 Å². The van der Waals surface area contributed by atoms with Crippen LogP contribution in [-0.4, -0.2) is 42.1 Å². The van der Waals surface area contributed by atoms with Crippen molar-refractivity contribution >= 4 is 27.5 Å². The normalized spacial score (nSPS) is 29.2. The van der Waals surface area contributed by atoms with Crippen molar-refractivity contribution in [1.29, 1.82) is 0 Å². The predicted molar refractivity (Wildman–Crippen MR) is 93.7 cm³/mol. The molecular weight excluding hydrogens is 346 g/mol. The summed E-state index contributed by atoms with van der Waals surface area (Å²) in [4.78, 5) is 15.7. The number of hydrogen-bond acceptors (Lipinski definition) is 6. The summed E-state index contributed by atoms with van der Waals surface area (Å²) in [5.74, 6) is 0.404. The third kappa shape index (κ3) is 2.45. The lowest BCUT2D eigenvalue weighted by atomic mass is 9.86. The lowest BCUT2D eigenvalue weighted by Crippen LogP contribution is -2.61. The number of nitrogens with two attached hydrogens (primary N) is 1. The number of carbonyl (C=O) groups is 1. The summed E-state index contributed by atoms with van der Waals surface area (Å²) in [7, 11) is -3.77. The molecule has 1 aromatic rings. The van der Waals surface area contributed by atoms with Crippen molar-refractivity contribution in [2.75, 3.05) is 12.3 Å². The summed E-state index contributed by atoms with van der Waals surface area (Å²) in [6, 6.07) is 5.00. The summed E-state index contributed by atoms with van der Waals surface area (Å²) in [6.07, 6.45) is -1.11. The molecule has 2 atom stereocenters. The van der Waals surface area contributed by atoms with Crippen LogP contribution in [0.5, 0.6) is 5.75 Å². The van der Waals surface area contributed by atoms with E-state index in [0.717, 1.165) is 0 Å². The second-order valence-corrected chi connectivity index (χ2v) is 9.65. The van der Waals surface area contributed by atoms with Crippen LogP contribution >= 0.6 is 0 Å². The van der Waals surface area contributed by atoms with Crippen molar-refractivity contribution in [3.63, 3.8) is 0 Å². The fraction of sp³-hybridized carbons (Fsp3) is 0.500. The number of aliphatic imine (C=N–C) groups is 1. The van der Waals surface area contributed by atoms with Gasteiger partial charge in [0.05, 0.1) is 11.9 Å². The van der Waals surface area contributed by atoms with E-state index in [9.17, 15) is 13.2 Å². The summed E-state index contributed by atoms with van der Waals surface area (Å²) >= 11 is 0. The van der Waals surface area contributed by atoms with Crippen molar-refractivity contribution in [3.05, 3.63) is 23.8 Å². The van der Waals surface area contributed by atoms with Gasteiger partial charge in [0.2, 0.25) is 0 Å². The fourth-order valence-electron chi connectivity index (χ4n) is 3.53.